The van der Waals surface area contributed by atoms with E-state index in [1.54, 1.807) is 24.3 Å². The lowest BCUT2D eigenvalue weighted by Crippen LogP contribution is -2.36. The van der Waals surface area contributed by atoms with Gasteiger partial charge in [0.15, 0.2) is 0 Å². The minimum atomic E-state index is -0.629. The first-order valence-electron chi connectivity index (χ1n) is 8.10. The molecular weight excluding hydrogens is 316 g/mol. The molecule has 132 valence electrons. The molecule has 2 aromatic rings. The summed E-state index contributed by atoms with van der Waals surface area (Å²) in [5, 5.41) is 2.49. The van der Waals surface area contributed by atoms with E-state index in [1.807, 2.05) is 54.2 Å². The molecule has 25 heavy (non-hydrogen) atoms. The highest BCUT2D eigenvalue weighted by Crippen LogP contribution is 2.14. The van der Waals surface area contributed by atoms with Crippen molar-refractivity contribution in [1.29, 1.82) is 0 Å². The van der Waals surface area contributed by atoms with Crippen LogP contribution >= 0.6 is 0 Å². The second-order valence-electron chi connectivity index (χ2n) is 6.08. The number of amides is 3. The lowest BCUT2D eigenvalue weighted by Gasteiger charge is -2.25. The van der Waals surface area contributed by atoms with Crippen LogP contribution in [0, 0.1) is 0 Å². The Morgan fingerprint density at radius 2 is 1.60 bits per heavy atom. The maximum Gasteiger partial charge on any atom is 0.316 e. The number of nitrogens with two attached hydrogens (primary N) is 1. The molecule has 0 saturated carbocycles. The zero-order valence-corrected chi connectivity index (χ0v) is 14.6. The number of anilines is 1. The normalized spacial score (nSPS) is 10.5. The Morgan fingerprint density at radius 3 is 2.16 bits per heavy atom. The van der Waals surface area contributed by atoms with Crippen LogP contribution in [-0.4, -0.2) is 48.9 Å². The van der Waals surface area contributed by atoms with Gasteiger partial charge in [-0.3, -0.25) is 4.79 Å². The number of likely N-dealkylation sites (N-methyl/N-ethyl adjacent to an activating group) is 1. The van der Waals surface area contributed by atoms with Gasteiger partial charge in [0.05, 0.1) is 0 Å². The summed E-state index contributed by atoms with van der Waals surface area (Å²) >= 11 is 0. The summed E-state index contributed by atoms with van der Waals surface area (Å²) in [5.74, 6) is -0.0451. The summed E-state index contributed by atoms with van der Waals surface area (Å²) in [5.41, 5.74) is 7.32. The van der Waals surface area contributed by atoms with Gasteiger partial charge in [0.2, 0.25) is 0 Å². The molecule has 0 saturated heterocycles. The molecule has 6 heteroatoms. The van der Waals surface area contributed by atoms with Crippen molar-refractivity contribution in [2.45, 2.75) is 6.54 Å². The van der Waals surface area contributed by atoms with Gasteiger partial charge in [-0.25, -0.2) is 4.79 Å². The van der Waals surface area contributed by atoms with Gasteiger partial charge in [0.1, 0.15) is 0 Å². The van der Waals surface area contributed by atoms with Crippen molar-refractivity contribution < 1.29 is 9.59 Å². The largest absolute Gasteiger partial charge is 0.351 e. The maximum absolute atomic E-state index is 12.9. The number of carbonyl (C=O) groups is 2. The Kier molecular flexibility index (Phi) is 6.54. The molecular formula is C19H24N4O2. The van der Waals surface area contributed by atoms with Gasteiger partial charge in [-0.2, -0.15) is 0 Å². The van der Waals surface area contributed by atoms with E-state index in [0.717, 1.165) is 12.1 Å². The van der Waals surface area contributed by atoms with Crippen molar-refractivity contribution >= 4 is 17.6 Å². The van der Waals surface area contributed by atoms with Crippen LogP contribution in [0.3, 0.4) is 0 Å². The highest BCUT2D eigenvalue weighted by molar-refractivity contribution is 5.95. The molecule has 0 fully saturated rings. The monoisotopic (exact) mass is 340 g/mol. The molecule has 0 bridgehead atoms. The molecule has 0 atom stereocenters. The molecule has 0 aliphatic heterocycles. The standard InChI is InChI=1S/C19H24N4O2/c1-22(2)12-13-23(14-15-6-4-3-5-7-15)18(24)16-8-10-17(11-9-16)21-19(20)25/h3-11H,12-14H2,1-2H3,(H3,20,21,25). The number of primary amides is 1. The second kappa shape index (κ2) is 8.84. The molecule has 0 spiro atoms. The van der Waals surface area contributed by atoms with Crippen molar-refractivity contribution in [3.8, 4) is 0 Å². The van der Waals surface area contributed by atoms with Crippen LogP contribution in [0.2, 0.25) is 0 Å². The summed E-state index contributed by atoms with van der Waals surface area (Å²) in [7, 11) is 3.96. The zero-order valence-electron chi connectivity index (χ0n) is 14.6. The van der Waals surface area contributed by atoms with E-state index in [4.69, 9.17) is 5.73 Å². The minimum Gasteiger partial charge on any atom is -0.351 e. The fourth-order valence-corrected chi connectivity index (χ4v) is 2.40. The molecule has 3 N–H and O–H groups in total. The van der Waals surface area contributed by atoms with Crippen LogP contribution in [0.4, 0.5) is 10.5 Å². The van der Waals surface area contributed by atoms with E-state index < -0.39 is 6.03 Å². The third-order valence-electron chi connectivity index (χ3n) is 3.72. The first kappa shape index (κ1) is 18.5. The molecule has 0 radical (unpaired) electrons. The van der Waals surface area contributed by atoms with E-state index in [-0.39, 0.29) is 5.91 Å². The van der Waals surface area contributed by atoms with E-state index in [0.29, 0.717) is 24.3 Å². The van der Waals surface area contributed by atoms with Crippen LogP contribution in [0.5, 0.6) is 0 Å². The van der Waals surface area contributed by atoms with Gasteiger partial charge in [-0.15, -0.1) is 0 Å². The van der Waals surface area contributed by atoms with Crippen LogP contribution in [0.1, 0.15) is 15.9 Å². The van der Waals surface area contributed by atoms with Crippen LogP contribution in [-0.2, 0) is 6.54 Å². The third-order valence-corrected chi connectivity index (χ3v) is 3.72. The van der Waals surface area contributed by atoms with Gasteiger partial charge >= 0.3 is 6.03 Å². The Morgan fingerprint density at radius 1 is 0.960 bits per heavy atom. The van der Waals surface area contributed by atoms with Gasteiger partial charge in [-0.1, -0.05) is 30.3 Å². The van der Waals surface area contributed by atoms with Gasteiger partial charge in [0.25, 0.3) is 5.91 Å². The summed E-state index contributed by atoms with van der Waals surface area (Å²) in [4.78, 5) is 27.6. The van der Waals surface area contributed by atoms with Crippen LogP contribution < -0.4 is 11.1 Å². The summed E-state index contributed by atoms with van der Waals surface area (Å²) in [6.45, 7) is 1.96. The average Bonchev–Trinajstić information content (AvgIpc) is 2.59. The number of rotatable bonds is 7. The number of nitrogens with one attached hydrogen (secondary N) is 1. The van der Waals surface area contributed by atoms with Gasteiger partial charge < -0.3 is 20.9 Å². The third kappa shape index (κ3) is 5.93. The smallest absolute Gasteiger partial charge is 0.316 e. The predicted molar refractivity (Wildman–Crippen MR) is 99.4 cm³/mol. The molecule has 0 aromatic heterocycles. The molecule has 0 unspecified atom stereocenters. The van der Waals surface area contributed by atoms with Crippen LogP contribution in [0.15, 0.2) is 54.6 Å². The van der Waals surface area contributed by atoms with Gasteiger partial charge in [-0.05, 0) is 43.9 Å². The fraction of sp³-hybridized carbons (Fsp3) is 0.263. The Hall–Kier alpha value is -2.86. The lowest BCUT2D eigenvalue weighted by molar-refractivity contribution is 0.0732. The molecule has 2 rings (SSSR count). The number of hydrogen-bond acceptors (Lipinski definition) is 3. The van der Waals surface area contributed by atoms with Crippen molar-refractivity contribution in [2.75, 3.05) is 32.5 Å². The number of benzene rings is 2. The van der Waals surface area contributed by atoms with Crippen molar-refractivity contribution in [2.24, 2.45) is 5.73 Å². The number of nitrogens with zero attached hydrogens (tertiary/aromatic N) is 2. The zero-order chi connectivity index (χ0) is 18.2. The average molecular weight is 340 g/mol. The maximum atomic E-state index is 12.9. The summed E-state index contributed by atoms with van der Waals surface area (Å²) in [6, 6.07) is 16.0. The summed E-state index contributed by atoms with van der Waals surface area (Å²) < 4.78 is 0. The molecule has 0 aliphatic rings. The Labute approximate surface area is 148 Å². The number of urea groups is 1. The Bertz CT molecular complexity index is 699. The van der Waals surface area contributed by atoms with E-state index in [1.165, 1.54) is 0 Å². The van der Waals surface area contributed by atoms with Crippen molar-refractivity contribution in [1.82, 2.24) is 9.80 Å². The molecule has 0 aliphatic carbocycles. The molecule has 3 amide bonds. The lowest BCUT2D eigenvalue weighted by atomic mass is 10.1. The van der Waals surface area contributed by atoms with Gasteiger partial charge in [0, 0.05) is 30.9 Å². The van der Waals surface area contributed by atoms with E-state index in [2.05, 4.69) is 5.32 Å². The highest BCUT2D eigenvalue weighted by Gasteiger charge is 2.16. The highest BCUT2D eigenvalue weighted by atomic mass is 16.2. The topological polar surface area (TPSA) is 78.7 Å². The SMILES string of the molecule is CN(C)CCN(Cc1ccccc1)C(=O)c1ccc(NC(N)=O)cc1. The quantitative estimate of drug-likeness (QED) is 0.812. The van der Waals surface area contributed by atoms with Crippen molar-refractivity contribution in [3.05, 3.63) is 65.7 Å². The second-order valence-corrected chi connectivity index (χ2v) is 6.08. The first-order valence-corrected chi connectivity index (χ1v) is 8.10. The molecule has 2 aromatic carbocycles. The first-order chi connectivity index (χ1) is 12.0. The van der Waals surface area contributed by atoms with E-state index in [9.17, 15) is 9.59 Å². The Balaban J connectivity index is 2.14. The predicted octanol–water partition coefficient (Wildman–Crippen LogP) is 2.38. The molecule has 0 heterocycles. The summed E-state index contributed by atoms with van der Waals surface area (Å²) in [6.07, 6.45) is 0. The minimum absolute atomic E-state index is 0.0451. The van der Waals surface area contributed by atoms with Crippen molar-refractivity contribution in [3.63, 3.8) is 0 Å². The van der Waals surface area contributed by atoms with E-state index >= 15 is 0 Å². The number of carbonyl (C=O) groups excluding carboxylic acids is 2. The number of hydrogen-bond donors (Lipinski definition) is 2. The fourth-order valence-electron chi connectivity index (χ4n) is 2.40. The van der Waals surface area contributed by atoms with Crippen LogP contribution in [0.25, 0.3) is 0 Å². The molecule has 6 nitrogen and oxygen atoms in total.